The summed E-state index contributed by atoms with van der Waals surface area (Å²) in [5, 5.41) is 0. The van der Waals surface area contributed by atoms with Crippen LogP contribution in [0.25, 0.3) is 5.57 Å². The monoisotopic (exact) mass is 378 g/mol. The average Bonchev–Trinajstić information content (AvgIpc) is 2.68. The lowest BCUT2D eigenvalue weighted by atomic mass is 9.71. The Labute approximate surface area is 149 Å². The van der Waals surface area contributed by atoms with Crippen LogP contribution < -0.4 is 0 Å². The molecule has 0 unspecified atom stereocenters. The number of hydrogen-bond acceptors (Lipinski definition) is 2. The van der Waals surface area contributed by atoms with Crippen molar-refractivity contribution in [1.82, 2.24) is 0 Å². The minimum atomic E-state index is -0.297. The molecular formula is C19H28BBrO2. The standard InChI is InChI=1S/C19H28BBrO2/c1-7-8-9-17(14(2)15-10-12-16(21)13-11-15)20-22-18(3,4)19(5,6)23-20/h10-13H,7-9H2,1-6H3/b17-14+. The first kappa shape index (κ1) is 18.8. The molecule has 2 nitrogen and oxygen atoms in total. The van der Waals surface area contributed by atoms with Crippen molar-refractivity contribution < 1.29 is 9.31 Å². The zero-order chi connectivity index (χ0) is 17.3. The van der Waals surface area contributed by atoms with E-state index in [-0.39, 0.29) is 18.3 Å². The van der Waals surface area contributed by atoms with Crippen LogP contribution >= 0.6 is 15.9 Å². The van der Waals surface area contributed by atoms with E-state index in [1.54, 1.807) is 0 Å². The zero-order valence-corrected chi connectivity index (χ0v) is 16.8. The highest BCUT2D eigenvalue weighted by molar-refractivity contribution is 9.10. The average molecular weight is 379 g/mol. The van der Waals surface area contributed by atoms with E-state index in [1.807, 2.05) is 0 Å². The van der Waals surface area contributed by atoms with E-state index in [0.717, 1.165) is 23.7 Å². The fourth-order valence-corrected chi connectivity index (χ4v) is 2.98. The quantitative estimate of drug-likeness (QED) is 0.581. The largest absolute Gasteiger partial charge is 0.490 e. The van der Waals surface area contributed by atoms with E-state index >= 15 is 0 Å². The van der Waals surface area contributed by atoms with Crippen molar-refractivity contribution >= 4 is 28.6 Å². The van der Waals surface area contributed by atoms with Gasteiger partial charge in [-0.1, -0.05) is 47.8 Å². The first-order valence-corrected chi connectivity index (χ1v) is 9.28. The molecule has 4 heteroatoms. The highest BCUT2D eigenvalue weighted by atomic mass is 79.9. The Kier molecular flexibility index (Phi) is 5.81. The molecule has 1 aromatic carbocycles. The van der Waals surface area contributed by atoms with Gasteiger partial charge in [-0.25, -0.2) is 0 Å². The van der Waals surface area contributed by atoms with Gasteiger partial charge in [0.25, 0.3) is 0 Å². The Balaban J connectivity index is 2.37. The van der Waals surface area contributed by atoms with Gasteiger partial charge in [-0.3, -0.25) is 0 Å². The summed E-state index contributed by atoms with van der Waals surface area (Å²) < 4.78 is 13.7. The van der Waals surface area contributed by atoms with Crippen LogP contribution in [0.15, 0.2) is 34.2 Å². The fraction of sp³-hybridized carbons (Fsp3) is 0.579. The minimum Gasteiger partial charge on any atom is -0.400 e. The van der Waals surface area contributed by atoms with Crippen LogP contribution in [0.5, 0.6) is 0 Å². The molecule has 0 N–H and O–H groups in total. The van der Waals surface area contributed by atoms with E-state index in [0.29, 0.717) is 0 Å². The molecule has 1 aromatic rings. The van der Waals surface area contributed by atoms with Crippen molar-refractivity contribution in [3.05, 3.63) is 39.8 Å². The molecule has 0 aliphatic carbocycles. The van der Waals surface area contributed by atoms with Crippen LogP contribution in [-0.2, 0) is 9.31 Å². The van der Waals surface area contributed by atoms with Crippen LogP contribution in [0.3, 0.4) is 0 Å². The third-order valence-electron chi connectivity index (χ3n) is 5.10. The normalized spacial score (nSPS) is 20.6. The molecule has 1 saturated heterocycles. The molecule has 0 amide bonds. The summed E-state index contributed by atoms with van der Waals surface area (Å²) in [5.74, 6) is 0. The number of hydrogen-bond donors (Lipinski definition) is 0. The second kappa shape index (κ2) is 7.12. The lowest BCUT2D eigenvalue weighted by Crippen LogP contribution is -2.41. The van der Waals surface area contributed by atoms with Gasteiger partial charge >= 0.3 is 7.12 Å². The molecular weight excluding hydrogens is 351 g/mol. The highest BCUT2D eigenvalue weighted by Crippen LogP contribution is 2.41. The molecule has 1 heterocycles. The summed E-state index contributed by atoms with van der Waals surface area (Å²) in [4.78, 5) is 0. The molecule has 0 atom stereocenters. The lowest BCUT2D eigenvalue weighted by Gasteiger charge is -2.32. The minimum absolute atomic E-state index is 0.254. The molecule has 1 fully saturated rings. The van der Waals surface area contributed by atoms with Gasteiger partial charge in [0.1, 0.15) is 0 Å². The third kappa shape index (κ3) is 4.10. The molecule has 0 bridgehead atoms. The molecule has 126 valence electrons. The molecule has 23 heavy (non-hydrogen) atoms. The van der Waals surface area contributed by atoms with Gasteiger partial charge in [0.15, 0.2) is 0 Å². The van der Waals surface area contributed by atoms with Crippen molar-refractivity contribution in [1.29, 1.82) is 0 Å². The van der Waals surface area contributed by atoms with Gasteiger partial charge in [-0.2, -0.15) is 0 Å². The van der Waals surface area contributed by atoms with Gasteiger partial charge in [-0.15, -0.1) is 0 Å². The van der Waals surface area contributed by atoms with Crippen molar-refractivity contribution in [3.8, 4) is 0 Å². The van der Waals surface area contributed by atoms with Crippen molar-refractivity contribution in [2.75, 3.05) is 0 Å². The Morgan fingerprint density at radius 1 is 1.04 bits per heavy atom. The van der Waals surface area contributed by atoms with Crippen molar-refractivity contribution in [3.63, 3.8) is 0 Å². The second-order valence-corrected chi connectivity index (χ2v) is 8.26. The van der Waals surface area contributed by atoms with E-state index in [9.17, 15) is 0 Å². The third-order valence-corrected chi connectivity index (χ3v) is 5.63. The smallest absolute Gasteiger partial charge is 0.400 e. The molecule has 1 aliphatic rings. The molecule has 0 saturated carbocycles. The number of benzene rings is 1. The zero-order valence-electron chi connectivity index (χ0n) is 15.2. The van der Waals surface area contributed by atoms with Crippen LogP contribution in [0.2, 0.25) is 0 Å². The van der Waals surface area contributed by atoms with Gasteiger partial charge in [0.2, 0.25) is 0 Å². The van der Waals surface area contributed by atoms with Crippen LogP contribution in [0.1, 0.15) is 66.4 Å². The Morgan fingerprint density at radius 3 is 2.04 bits per heavy atom. The Bertz CT molecular complexity index is 560. The van der Waals surface area contributed by atoms with Crippen molar-refractivity contribution in [2.24, 2.45) is 0 Å². The van der Waals surface area contributed by atoms with Crippen molar-refractivity contribution in [2.45, 2.75) is 72.0 Å². The second-order valence-electron chi connectivity index (χ2n) is 7.35. The maximum atomic E-state index is 6.30. The predicted octanol–water partition coefficient (Wildman–Crippen LogP) is 6.04. The molecule has 2 rings (SSSR count). The van der Waals surface area contributed by atoms with Gasteiger partial charge in [0.05, 0.1) is 11.2 Å². The molecule has 1 aliphatic heterocycles. The Hall–Kier alpha value is -0.575. The number of allylic oxidation sites excluding steroid dienone is 2. The number of halogens is 1. The molecule has 0 radical (unpaired) electrons. The van der Waals surface area contributed by atoms with E-state index in [2.05, 4.69) is 81.7 Å². The topological polar surface area (TPSA) is 18.5 Å². The van der Waals surface area contributed by atoms with Gasteiger partial charge < -0.3 is 9.31 Å². The number of rotatable bonds is 5. The fourth-order valence-electron chi connectivity index (χ4n) is 2.72. The SMILES string of the molecule is CCCC/C(B1OC(C)(C)C(C)(C)O1)=C(/C)c1ccc(Br)cc1. The highest BCUT2D eigenvalue weighted by Gasteiger charge is 2.52. The maximum absolute atomic E-state index is 6.30. The summed E-state index contributed by atoms with van der Waals surface area (Å²) in [6.45, 7) is 12.8. The summed E-state index contributed by atoms with van der Waals surface area (Å²) >= 11 is 3.50. The van der Waals surface area contributed by atoms with Gasteiger partial charge in [-0.05, 0) is 69.8 Å². The molecule has 0 spiro atoms. The first-order valence-electron chi connectivity index (χ1n) is 8.49. The molecule has 0 aromatic heterocycles. The maximum Gasteiger partial charge on any atom is 0.490 e. The summed E-state index contributed by atoms with van der Waals surface area (Å²) in [7, 11) is -0.254. The first-order chi connectivity index (χ1) is 10.7. The van der Waals surface area contributed by atoms with Gasteiger partial charge in [0, 0.05) is 4.47 Å². The van der Waals surface area contributed by atoms with E-state index < -0.39 is 0 Å². The predicted molar refractivity (Wildman–Crippen MR) is 102 cm³/mol. The summed E-state index contributed by atoms with van der Waals surface area (Å²) in [6.07, 6.45) is 3.32. The van der Waals surface area contributed by atoms with E-state index in [1.165, 1.54) is 16.6 Å². The summed E-state index contributed by atoms with van der Waals surface area (Å²) in [5.41, 5.74) is 3.18. The lowest BCUT2D eigenvalue weighted by molar-refractivity contribution is 0.00578. The van der Waals surface area contributed by atoms with Crippen LogP contribution in [0, 0.1) is 0 Å². The number of unbranched alkanes of at least 4 members (excludes halogenated alkanes) is 1. The summed E-state index contributed by atoms with van der Waals surface area (Å²) in [6, 6.07) is 8.47. The van der Waals surface area contributed by atoms with E-state index in [4.69, 9.17) is 9.31 Å². The van der Waals surface area contributed by atoms with Crippen LogP contribution in [0.4, 0.5) is 0 Å². The van der Waals surface area contributed by atoms with Crippen LogP contribution in [-0.4, -0.2) is 18.3 Å². The Morgan fingerprint density at radius 2 is 1.57 bits per heavy atom.